The van der Waals surface area contributed by atoms with Gasteiger partial charge in [-0.3, -0.25) is 15.0 Å². The third-order valence-corrected chi connectivity index (χ3v) is 5.54. The van der Waals surface area contributed by atoms with Crippen LogP contribution in [-0.2, 0) is 9.53 Å². The number of ether oxygens (including phenoxy) is 1. The zero-order valence-corrected chi connectivity index (χ0v) is 13.7. The zero-order chi connectivity index (χ0) is 15.0. The molecule has 1 aliphatic heterocycles. The van der Waals surface area contributed by atoms with Gasteiger partial charge in [-0.2, -0.15) is 0 Å². The van der Waals surface area contributed by atoms with E-state index in [9.17, 15) is 4.79 Å². The molecule has 1 saturated heterocycles. The van der Waals surface area contributed by atoms with E-state index in [0.29, 0.717) is 12.1 Å². The van der Waals surface area contributed by atoms with Gasteiger partial charge in [0.25, 0.3) is 0 Å². The van der Waals surface area contributed by atoms with Gasteiger partial charge >= 0.3 is 5.97 Å². The molecular weight excluding hydrogens is 264 g/mol. The van der Waals surface area contributed by atoms with Gasteiger partial charge in [0.05, 0.1) is 7.11 Å². The molecule has 0 bridgehead atoms. The smallest absolute Gasteiger partial charge is 0.326 e. The van der Waals surface area contributed by atoms with E-state index in [1.807, 2.05) is 0 Å². The fraction of sp³-hybridized carbons (Fsp3) is 0.941. The van der Waals surface area contributed by atoms with Crippen LogP contribution in [0.1, 0.15) is 52.4 Å². The Bertz CT molecular complexity index is 386. The van der Waals surface area contributed by atoms with Crippen molar-refractivity contribution in [3.63, 3.8) is 0 Å². The molecule has 3 fully saturated rings. The summed E-state index contributed by atoms with van der Waals surface area (Å²) in [6.45, 7) is 7.09. The Balaban J connectivity index is 1.67. The average Bonchev–Trinajstić information content (AvgIpc) is 3.13. The molecule has 4 atom stereocenters. The summed E-state index contributed by atoms with van der Waals surface area (Å²) >= 11 is 0. The Kier molecular flexibility index (Phi) is 4.28. The summed E-state index contributed by atoms with van der Waals surface area (Å²) in [4.78, 5) is 15.0. The number of carbonyl (C=O) groups excluding carboxylic acids is 1. The lowest BCUT2D eigenvalue weighted by molar-refractivity contribution is -0.148. The Morgan fingerprint density at radius 1 is 1.19 bits per heavy atom. The molecule has 4 nitrogen and oxygen atoms in total. The van der Waals surface area contributed by atoms with E-state index in [-0.39, 0.29) is 5.97 Å². The lowest BCUT2D eigenvalue weighted by Gasteiger charge is -2.39. The van der Waals surface area contributed by atoms with Crippen molar-refractivity contribution in [3.05, 3.63) is 0 Å². The number of piperidine rings is 1. The van der Waals surface area contributed by atoms with Gasteiger partial charge in [0, 0.05) is 25.2 Å². The van der Waals surface area contributed by atoms with Crippen LogP contribution in [-0.4, -0.2) is 48.7 Å². The molecule has 21 heavy (non-hydrogen) atoms. The fourth-order valence-electron chi connectivity index (χ4n) is 4.53. The average molecular weight is 294 g/mol. The molecule has 0 spiro atoms. The Labute approximate surface area is 128 Å². The van der Waals surface area contributed by atoms with E-state index in [1.165, 1.54) is 39.5 Å². The van der Waals surface area contributed by atoms with Gasteiger partial charge in [0.1, 0.15) is 5.54 Å². The van der Waals surface area contributed by atoms with Crippen molar-refractivity contribution in [1.29, 1.82) is 0 Å². The van der Waals surface area contributed by atoms with Crippen molar-refractivity contribution in [3.8, 4) is 0 Å². The molecule has 2 saturated carbocycles. The van der Waals surface area contributed by atoms with Gasteiger partial charge in [-0.1, -0.05) is 13.8 Å². The zero-order valence-electron chi connectivity index (χ0n) is 13.7. The highest BCUT2D eigenvalue weighted by Gasteiger charge is 2.50. The van der Waals surface area contributed by atoms with Gasteiger partial charge in [0.2, 0.25) is 0 Å². The predicted molar refractivity (Wildman–Crippen MR) is 83.1 cm³/mol. The van der Waals surface area contributed by atoms with Crippen LogP contribution in [0.3, 0.4) is 0 Å². The highest BCUT2D eigenvalue weighted by atomic mass is 16.5. The molecule has 0 aromatic rings. The minimum atomic E-state index is -0.412. The van der Waals surface area contributed by atoms with Gasteiger partial charge < -0.3 is 4.74 Å². The molecule has 0 aromatic heterocycles. The molecular formula is C17H30N2O2. The normalized spacial score (nSPS) is 41.2. The first-order chi connectivity index (χ1) is 10.0. The summed E-state index contributed by atoms with van der Waals surface area (Å²) < 4.78 is 5.12. The van der Waals surface area contributed by atoms with Crippen molar-refractivity contribution < 1.29 is 9.53 Å². The number of likely N-dealkylation sites (tertiary alicyclic amines) is 1. The molecule has 4 heteroatoms. The number of nitrogens with zero attached hydrogens (tertiary/aromatic N) is 1. The van der Waals surface area contributed by atoms with E-state index in [4.69, 9.17) is 4.74 Å². The van der Waals surface area contributed by atoms with Gasteiger partial charge in [-0.25, -0.2) is 0 Å². The van der Waals surface area contributed by atoms with E-state index in [1.54, 1.807) is 0 Å². The Morgan fingerprint density at radius 3 is 2.43 bits per heavy atom. The second-order valence-corrected chi connectivity index (χ2v) is 7.79. The summed E-state index contributed by atoms with van der Waals surface area (Å²) in [6.07, 6.45) is 6.73. The number of esters is 1. The first-order valence-corrected chi connectivity index (χ1v) is 8.62. The van der Waals surface area contributed by atoms with E-state index in [2.05, 4.69) is 24.1 Å². The molecule has 0 aromatic carbocycles. The maximum atomic E-state index is 12.4. The number of carbonyl (C=O) groups is 1. The van der Waals surface area contributed by atoms with Crippen LogP contribution in [0.5, 0.6) is 0 Å². The number of nitrogens with one attached hydrogen (secondary N) is 1. The molecule has 3 aliphatic rings. The van der Waals surface area contributed by atoms with Crippen molar-refractivity contribution >= 4 is 5.97 Å². The molecule has 2 aliphatic carbocycles. The van der Waals surface area contributed by atoms with E-state index >= 15 is 0 Å². The molecule has 0 amide bonds. The van der Waals surface area contributed by atoms with Crippen LogP contribution in [0.4, 0.5) is 0 Å². The number of rotatable bonds is 4. The lowest BCUT2D eigenvalue weighted by atomic mass is 9.90. The standard InChI is InChI=1S/C17H30N2O2/c1-12-8-13(2)11-19(10-12)15-6-7-17(9-15,16(20)21-3)18-14-4-5-14/h12-15,18H,4-11H2,1-3H3. The van der Waals surface area contributed by atoms with Crippen molar-refractivity contribution in [1.82, 2.24) is 10.2 Å². The number of hydrogen-bond donors (Lipinski definition) is 1. The van der Waals surface area contributed by atoms with Crippen molar-refractivity contribution in [2.24, 2.45) is 11.8 Å². The second kappa shape index (κ2) is 5.88. The molecule has 3 rings (SSSR count). The van der Waals surface area contributed by atoms with Gasteiger partial charge in [-0.05, 0) is 50.4 Å². The quantitative estimate of drug-likeness (QED) is 0.807. The van der Waals surface area contributed by atoms with Crippen LogP contribution in [0.2, 0.25) is 0 Å². The molecule has 120 valence electrons. The highest BCUT2D eigenvalue weighted by Crippen LogP contribution is 2.38. The lowest BCUT2D eigenvalue weighted by Crippen LogP contribution is -2.53. The highest BCUT2D eigenvalue weighted by molar-refractivity contribution is 5.81. The first kappa shape index (κ1) is 15.3. The topological polar surface area (TPSA) is 41.6 Å². The molecule has 0 radical (unpaired) electrons. The first-order valence-electron chi connectivity index (χ1n) is 8.62. The maximum absolute atomic E-state index is 12.4. The van der Waals surface area contributed by atoms with Crippen molar-refractivity contribution in [2.75, 3.05) is 20.2 Å². The van der Waals surface area contributed by atoms with Crippen LogP contribution in [0, 0.1) is 11.8 Å². The molecule has 1 N–H and O–H groups in total. The predicted octanol–water partition coefficient (Wildman–Crippen LogP) is 2.18. The SMILES string of the molecule is COC(=O)C1(NC2CC2)CCC(N2CC(C)CC(C)C2)C1. The third kappa shape index (κ3) is 3.26. The largest absolute Gasteiger partial charge is 0.468 e. The maximum Gasteiger partial charge on any atom is 0.326 e. The fourth-order valence-corrected chi connectivity index (χ4v) is 4.53. The van der Waals surface area contributed by atoms with Gasteiger partial charge in [-0.15, -0.1) is 0 Å². The second-order valence-electron chi connectivity index (χ2n) is 7.79. The van der Waals surface area contributed by atoms with Crippen LogP contribution in [0.15, 0.2) is 0 Å². The van der Waals surface area contributed by atoms with Crippen molar-refractivity contribution in [2.45, 2.75) is 70.0 Å². The summed E-state index contributed by atoms with van der Waals surface area (Å²) in [5, 5.41) is 3.61. The summed E-state index contributed by atoms with van der Waals surface area (Å²) in [6, 6.07) is 1.09. The van der Waals surface area contributed by atoms with Crippen LogP contribution in [0.25, 0.3) is 0 Å². The summed E-state index contributed by atoms with van der Waals surface area (Å²) in [5.41, 5.74) is -0.412. The van der Waals surface area contributed by atoms with Gasteiger partial charge in [0.15, 0.2) is 0 Å². The third-order valence-electron chi connectivity index (χ3n) is 5.54. The Morgan fingerprint density at radius 2 is 1.86 bits per heavy atom. The number of methoxy groups -OCH3 is 1. The van der Waals surface area contributed by atoms with Crippen LogP contribution < -0.4 is 5.32 Å². The minimum absolute atomic E-state index is 0.0463. The summed E-state index contributed by atoms with van der Waals surface area (Å²) in [7, 11) is 1.52. The summed E-state index contributed by atoms with van der Waals surface area (Å²) in [5.74, 6) is 1.51. The molecule has 4 unspecified atom stereocenters. The Hall–Kier alpha value is -0.610. The number of hydrogen-bond acceptors (Lipinski definition) is 4. The van der Waals surface area contributed by atoms with E-state index < -0.39 is 5.54 Å². The van der Waals surface area contributed by atoms with Crippen LogP contribution >= 0.6 is 0 Å². The van der Waals surface area contributed by atoms with E-state index in [0.717, 1.165) is 31.1 Å². The molecule has 1 heterocycles. The minimum Gasteiger partial charge on any atom is -0.468 e. The monoisotopic (exact) mass is 294 g/mol.